The molecular weight excluding hydrogens is 421 g/mol. The summed E-state index contributed by atoms with van der Waals surface area (Å²) in [5.41, 5.74) is 2.85. The van der Waals surface area contributed by atoms with Crippen molar-refractivity contribution in [3.05, 3.63) is 57.7 Å². The van der Waals surface area contributed by atoms with E-state index in [1.165, 1.54) is 28.5 Å². The molecule has 2 aromatic carbocycles. The minimum atomic E-state index is 0.598. The summed E-state index contributed by atoms with van der Waals surface area (Å²) in [4.78, 5) is 2.56. The zero-order valence-corrected chi connectivity index (χ0v) is 17.1. The normalized spacial score (nSPS) is 28.7. The topological polar surface area (TPSA) is 12.5 Å². The fraction of sp³-hybridized carbons (Fsp3) is 0.455. The zero-order valence-electron chi connectivity index (χ0n) is 15.0. The minimum Gasteiger partial charge on any atom is -0.496 e. The van der Waals surface area contributed by atoms with E-state index in [0.717, 1.165) is 30.0 Å². The second-order valence-electron chi connectivity index (χ2n) is 7.56. The lowest BCUT2D eigenvalue weighted by molar-refractivity contribution is 0.314. The number of hydrogen-bond donors (Lipinski definition) is 0. The predicted molar refractivity (Wildman–Crippen MR) is 113 cm³/mol. The lowest BCUT2D eigenvalue weighted by Crippen LogP contribution is -2.41. The van der Waals surface area contributed by atoms with Gasteiger partial charge >= 0.3 is 0 Å². The molecule has 4 atom stereocenters. The predicted octanol–water partition coefficient (Wildman–Crippen LogP) is 5.71. The van der Waals surface area contributed by atoms with Gasteiger partial charge in [0.1, 0.15) is 5.75 Å². The van der Waals surface area contributed by atoms with Gasteiger partial charge in [0, 0.05) is 24.3 Å². The fourth-order valence-corrected chi connectivity index (χ4v) is 5.18. The van der Waals surface area contributed by atoms with E-state index in [4.69, 9.17) is 4.74 Å². The lowest BCUT2D eigenvalue weighted by Gasteiger charge is -2.40. The molecule has 0 radical (unpaired) electrons. The van der Waals surface area contributed by atoms with Crippen molar-refractivity contribution in [3.63, 3.8) is 0 Å². The van der Waals surface area contributed by atoms with Crippen molar-refractivity contribution < 1.29 is 4.74 Å². The summed E-state index contributed by atoms with van der Waals surface area (Å²) in [6, 6.07) is 18.3. The van der Waals surface area contributed by atoms with Gasteiger partial charge in [-0.3, -0.25) is 0 Å². The van der Waals surface area contributed by atoms with Crippen LogP contribution in [0.5, 0.6) is 5.75 Å². The molecule has 2 nitrogen and oxygen atoms in total. The smallest absolute Gasteiger partial charge is 0.134 e. The molecule has 3 heteroatoms. The van der Waals surface area contributed by atoms with Crippen molar-refractivity contribution in [2.45, 2.75) is 38.1 Å². The number of piperidine rings is 1. The maximum absolute atomic E-state index is 5.51. The summed E-state index contributed by atoms with van der Waals surface area (Å²) >= 11 is 2.34. The highest BCUT2D eigenvalue weighted by atomic mass is 127. The van der Waals surface area contributed by atoms with Crippen LogP contribution in [0.1, 0.15) is 37.7 Å². The lowest BCUT2D eigenvalue weighted by atomic mass is 9.86. The van der Waals surface area contributed by atoms with E-state index < -0.39 is 0 Å². The molecule has 0 aromatic heterocycles. The summed E-state index contributed by atoms with van der Waals surface area (Å²) < 4.78 is 6.69. The molecule has 1 saturated carbocycles. The number of rotatable bonds is 4. The van der Waals surface area contributed by atoms with Gasteiger partial charge in [0.2, 0.25) is 0 Å². The standard InChI is InChI=1S/C22H26INO/c1-15-12-17(20-14-19(20)16-6-4-3-5-7-16)10-11-24(15)18-8-9-21(23)22(13-18)25-2/h3-9,13,15,17,19-20H,10-12,14H2,1-2H3. The Bertz CT molecular complexity index is 732. The average Bonchev–Trinajstić information content (AvgIpc) is 3.44. The number of nitrogens with zero attached hydrogens (tertiary/aromatic N) is 1. The second kappa shape index (κ2) is 7.18. The van der Waals surface area contributed by atoms with Gasteiger partial charge in [-0.15, -0.1) is 0 Å². The first-order valence-electron chi connectivity index (χ1n) is 9.32. The Kier molecular flexibility index (Phi) is 4.94. The van der Waals surface area contributed by atoms with Gasteiger partial charge in [-0.2, -0.15) is 0 Å². The van der Waals surface area contributed by atoms with Gasteiger partial charge in [-0.05, 0) is 84.2 Å². The van der Waals surface area contributed by atoms with Crippen LogP contribution in [0.15, 0.2) is 48.5 Å². The number of halogens is 1. The molecule has 0 amide bonds. The minimum absolute atomic E-state index is 0.598. The molecular formula is C22H26INO. The van der Waals surface area contributed by atoms with Gasteiger partial charge in [0.05, 0.1) is 10.7 Å². The Hall–Kier alpha value is -1.23. The largest absolute Gasteiger partial charge is 0.496 e. The average molecular weight is 447 g/mol. The van der Waals surface area contributed by atoms with Crippen LogP contribution >= 0.6 is 22.6 Å². The van der Waals surface area contributed by atoms with Crippen LogP contribution in [0.2, 0.25) is 0 Å². The number of methoxy groups -OCH3 is 1. The molecule has 1 heterocycles. The van der Waals surface area contributed by atoms with Crippen LogP contribution < -0.4 is 9.64 Å². The molecule has 0 N–H and O–H groups in total. The summed E-state index contributed by atoms with van der Waals surface area (Å²) in [6.45, 7) is 3.55. The van der Waals surface area contributed by atoms with Crippen LogP contribution in [-0.4, -0.2) is 19.7 Å². The van der Waals surface area contributed by atoms with Crippen LogP contribution in [0.25, 0.3) is 0 Å². The SMILES string of the molecule is COc1cc(N2CCC(C3CC3c3ccccc3)CC2C)ccc1I. The van der Waals surface area contributed by atoms with E-state index in [0.29, 0.717) is 6.04 Å². The molecule has 2 aromatic rings. The van der Waals surface area contributed by atoms with E-state index in [-0.39, 0.29) is 0 Å². The van der Waals surface area contributed by atoms with Crippen molar-refractivity contribution in [3.8, 4) is 5.75 Å². The third-order valence-corrected chi connectivity index (χ3v) is 6.95. The van der Waals surface area contributed by atoms with Crippen molar-refractivity contribution >= 4 is 28.3 Å². The van der Waals surface area contributed by atoms with Crippen molar-refractivity contribution in [1.29, 1.82) is 0 Å². The highest BCUT2D eigenvalue weighted by molar-refractivity contribution is 14.1. The molecule has 25 heavy (non-hydrogen) atoms. The Morgan fingerprint density at radius 3 is 2.60 bits per heavy atom. The highest BCUT2D eigenvalue weighted by Crippen LogP contribution is 2.55. The maximum atomic E-state index is 5.51. The summed E-state index contributed by atoms with van der Waals surface area (Å²) in [5.74, 6) is 3.57. The van der Waals surface area contributed by atoms with E-state index in [1.807, 2.05) is 0 Å². The van der Waals surface area contributed by atoms with Crippen molar-refractivity contribution in [2.24, 2.45) is 11.8 Å². The third-order valence-electron chi connectivity index (χ3n) is 6.06. The van der Waals surface area contributed by atoms with Gasteiger partial charge in [0.25, 0.3) is 0 Å². The van der Waals surface area contributed by atoms with Crippen molar-refractivity contribution in [1.82, 2.24) is 0 Å². The molecule has 1 aliphatic heterocycles. The molecule has 1 saturated heterocycles. The molecule has 132 valence electrons. The zero-order chi connectivity index (χ0) is 17.4. The van der Waals surface area contributed by atoms with Crippen LogP contribution in [0.3, 0.4) is 0 Å². The first-order chi connectivity index (χ1) is 12.2. The van der Waals surface area contributed by atoms with Gasteiger partial charge < -0.3 is 9.64 Å². The number of hydrogen-bond acceptors (Lipinski definition) is 2. The van der Waals surface area contributed by atoms with E-state index >= 15 is 0 Å². The number of anilines is 1. The molecule has 4 unspecified atom stereocenters. The quantitative estimate of drug-likeness (QED) is 0.557. The summed E-state index contributed by atoms with van der Waals surface area (Å²) in [5, 5.41) is 0. The van der Waals surface area contributed by atoms with Gasteiger partial charge in [-0.1, -0.05) is 30.3 Å². The van der Waals surface area contributed by atoms with Crippen molar-refractivity contribution in [2.75, 3.05) is 18.6 Å². The molecule has 2 fully saturated rings. The number of ether oxygens (including phenoxy) is 1. The molecule has 0 bridgehead atoms. The maximum Gasteiger partial charge on any atom is 0.134 e. The fourth-order valence-electron chi connectivity index (χ4n) is 4.63. The Balaban J connectivity index is 1.41. The first kappa shape index (κ1) is 17.2. The van der Waals surface area contributed by atoms with Crippen LogP contribution in [0, 0.1) is 15.4 Å². The van der Waals surface area contributed by atoms with E-state index in [9.17, 15) is 0 Å². The summed E-state index contributed by atoms with van der Waals surface area (Å²) in [7, 11) is 1.76. The van der Waals surface area contributed by atoms with Crippen LogP contribution in [0.4, 0.5) is 5.69 Å². The van der Waals surface area contributed by atoms with E-state index in [1.54, 1.807) is 12.7 Å². The monoisotopic (exact) mass is 447 g/mol. The van der Waals surface area contributed by atoms with Gasteiger partial charge in [0.15, 0.2) is 0 Å². The van der Waals surface area contributed by atoms with Gasteiger partial charge in [-0.25, -0.2) is 0 Å². The molecule has 1 aliphatic carbocycles. The molecule has 2 aliphatic rings. The first-order valence-corrected chi connectivity index (χ1v) is 10.4. The number of benzene rings is 2. The molecule has 0 spiro atoms. The van der Waals surface area contributed by atoms with Crippen LogP contribution in [-0.2, 0) is 0 Å². The highest BCUT2D eigenvalue weighted by Gasteiger charge is 2.45. The summed E-state index contributed by atoms with van der Waals surface area (Å²) in [6.07, 6.45) is 4.01. The Morgan fingerprint density at radius 2 is 1.88 bits per heavy atom. The Labute approximate surface area is 164 Å². The second-order valence-corrected chi connectivity index (χ2v) is 8.72. The Morgan fingerprint density at radius 1 is 1.08 bits per heavy atom. The third kappa shape index (κ3) is 3.53. The van der Waals surface area contributed by atoms with E-state index in [2.05, 4.69) is 82.9 Å². The molecule has 4 rings (SSSR count).